The second-order valence-corrected chi connectivity index (χ2v) is 4.95. The largest absolute Gasteiger partial charge is 0.350 e. The van der Waals surface area contributed by atoms with Gasteiger partial charge in [-0.05, 0) is 0 Å². The summed E-state index contributed by atoms with van der Waals surface area (Å²) >= 11 is 0. The van der Waals surface area contributed by atoms with E-state index in [1.54, 1.807) is 29.2 Å². The lowest BCUT2D eigenvalue weighted by Gasteiger charge is -2.17. The number of fused-ring (bicyclic) bond motifs is 1. The highest BCUT2D eigenvalue weighted by molar-refractivity contribution is 5.86. The third-order valence-electron chi connectivity index (χ3n) is 3.19. The zero-order valence-corrected chi connectivity index (χ0v) is 12.3. The molecule has 3 heterocycles. The van der Waals surface area contributed by atoms with Crippen molar-refractivity contribution in [2.45, 2.75) is 6.54 Å². The third kappa shape index (κ3) is 2.87. The molecular formula is C13H16N8O. The fourth-order valence-electron chi connectivity index (χ4n) is 2.15. The Kier molecular flexibility index (Phi) is 3.69. The molecule has 0 spiro atoms. The average Bonchev–Trinajstić information content (AvgIpc) is 3.13. The van der Waals surface area contributed by atoms with Crippen LogP contribution < -0.4 is 10.2 Å². The molecule has 0 bridgehead atoms. The normalized spacial score (nSPS) is 10.8. The van der Waals surface area contributed by atoms with E-state index >= 15 is 0 Å². The molecule has 3 rings (SSSR count). The summed E-state index contributed by atoms with van der Waals surface area (Å²) in [6, 6.07) is 0. The van der Waals surface area contributed by atoms with Crippen LogP contribution in [0.25, 0.3) is 11.2 Å². The van der Waals surface area contributed by atoms with E-state index < -0.39 is 0 Å². The van der Waals surface area contributed by atoms with Crippen LogP contribution in [-0.2, 0) is 18.4 Å². The number of anilines is 1. The van der Waals surface area contributed by atoms with Crippen molar-refractivity contribution in [2.75, 3.05) is 18.5 Å². The quantitative estimate of drug-likeness (QED) is 0.678. The Morgan fingerprint density at radius 3 is 3.05 bits per heavy atom. The monoisotopic (exact) mass is 300 g/mol. The third-order valence-corrected chi connectivity index (χ3v) is 3.19. The molecule has 0 aliphatic carbocycles. The van der Waals surface area contributed by atoms with E-state index in [1.165, 1.54) is 6.33 Å². The summed E-state index contributed by atoms with van der Waals surface area (Å²) in [4.78, 5) is 29.1. The number of nitrogens with one attached hydrogen (secondary N) is 2. The van der Waals surface area contributed by atoms with Crippen LogP contribution in [0.3, 0.4) is 0 Å². The maximum absolute atomic E-state index is 12.0. The summed E-state index contributed by atoms with van der Waals surface area (Å²) in [5.41, 5.74) is 2.24. The Bertz CT molecular complexity index is 792. The predicted molar refractivity (Wildman–Crippen MR) is 80.0 cm³/mol. The molecule has 0 saturated heterocycles. The summed E-state index contributed by atoms with van der Waals surface area (Å²) in [6.45, 7) is 0.634. The van der Waals surface area contributed by atoms with E-state index in [2.05, 4.69) is 30.4 Å². The number of carbonyl (C=O) groups is 1. The highest BCUT2D eigenvalue weighted by Crippen LogP contribution is 2.17. The van der Waals surface area contributed by atoms with E-state index in [1.807, 2.05) is 13.2 Å². The van der Waals surface area contributed by atoms with Crippen molar-refractivity contribution in [2.24, 2.45) is 7.05 Å². The van der Waals surface area contributed by atoms with Crippen molar-refractivity contribution in [3.05, 3.63) is 30.6 Å². The first-order valence-electron chi connectivity index (χ1n) is 6.73. The van der Waals surface area contributed by atoms with E-state index in [9.17, 15) is 4.79 Å². The van der Waals surface area contributed by atoms with Gasteiger partial charge in [0.2, 0.25) is 5.91 Å². The number of aromatic nitrogens is 6. The topological polar surface area (TPSA) is 105 Å². The molecule has 0 aromatic carbocycles. The van der Waals surface area contributed by atoms with E-state index in [4.69, 9.17) is 0 Å². The van der Waals surface area contributed by atoms with Gasteiger partial charge in [0.05, 0.1) is 19.1 Å². The number of aromatic amines is 1. The number of rotatable bonds is 5. The zero-order chi connectivity index (χ0) is 15.5. The number of aryl methyl sites for hydroxylation is 1. The SMILES string of the molecule is CN(CC(=O)NCc1cnn(C)c1)c1ncnc2nc[nH]c12. The molecule has 9 nitrogen and oxygen atoms in total. The molecule has 0 saturated carbocycles. The van der Waals surface area contributed by atoms with Crippen molar-refractivity contribution in [1.29, 1.82) is 0 Å². The highest BCUT2D eigenvalue weighted by Gasteiger charge is 2.13. The van der Waals surface area contributed by atoms with Crippen LogP contribution >= 0.6 is 0 Å². The summed E-state index contributed by atoms with van der Waals surface area (Å²) in [7, 11) is 3.64. The van der Waals surface area contributed by atoms with Crippen molar-refractivity contribution in [1.82, 2.24) is 35.0 Å². The average molecular weight is 300 g/mol. The Hall–Kier alpha value is -2.97. The van der Waals surface area contributed by atoms with Crippen LogP contribution in [-0.4, -0.2) is 49.2 Å². The lowest BCUT2D eigenvalue weighted by atomic mass is 10.3. The van der Waals surface area contributed by atoms with Crippen LogP contribution in [0.2, 0.25) is 0 Å². The Morgan fingerprint density at radius 2 is 2.27 bits per heavy atom. The first-order valence-corrected chi connectivity index (χ1v) is 6.73. The second kappa shape index (κ2) is 5.80. The molecule has 9 heteroatoms. The van der Waals surface area contributed by atoms with Gasteiger partial charge in [-0.1, -0.05) is 0 Å². The maximum atomic E-state index is 12.0. The molecule has 0 radical (unpaired) electrons. The number of likely N-dealkylation sites (N-methyl/N-ethyl adjacent to an activating group) is 1. The lowest BCUT2D eigenvalue weighted by Crippen LogP contribution is -2.35. The van der Waals surface area contributed by atoms with E-state index in [0.717, 1.165) is 5.56 Å². The Labute approximate surface area is 126 Å². The smallest absolute Gasteiger partial charge is 0.239 e. The summed E-state index contributed by atoms with van der Waals surface area (Å²) in [5.74, 6) is 0.539. The molecule has 22 heavy (non-hydrogen) atoms. The lowest BCUT2D eigenvalue weighted by molar-refractivity contribution is -0.119. The zero-order valence-electron chi connectivity index (χ0n) is 12.3. The molecule has 0 aliphatic rings. The minimum absolute atomic E-state index is 0.0994. The summed E-state index contributed by atoms with van der Waals surface area (Å²) in [5, 5.41) is 6.91. The van der Waals surface area contributed by atoms with Crippen molar-refractivity contribution < 1.29 is 4.79 Å². The van der Waals surface area contributed by atoms with Crippen LogP contribution in [0.1, 0.15) is 5.56 Å². The number of carbonyl (C=O) groups excluding carboxylic acids is 1. The molecule has 0 fully saturated rings. The number of amides is 1. The highest BCUT2D eigenvalue weighted by atomic mass is 16.2. The molecule has 3 aromatic heterocycles. The molecular weight excluding hydrogens is 284 g/mol. The predicted octanol–water partition coefficient (Wildman–Crippen LogP) is -0.161. The van der Waals surface area contributed by atoms with Crippen molar-refractivity contribution >= 4 is 22.9 Å². The molecule has 2 N–H and O–H groups in total. The maximum Gasteiger partial charge on any atom is 0.239 e. The van der Waals surface area contributed by atoms with Crippen LogP contribution in [0.5, 0.6) is 0 Å². The minimum Gasteiger partial charge on any atom is -0.350 e. The summed E-state index contributed by atoms with van der Waals surface area (Å²) < 4.78 is 1.70. The first kappa shape index (κ1) is 14.0. The molecule has 3 aromatic rings. The fourth-order valence-corrected chi connectivity index (χ4v) is 2.15. The van der Waals surface area contributed by atoms with Crippen LogP contribution in [0, 0.1) is 0 Å². The molecule has 0 aliphatic heterocycles. The van der Waals surface area contributed by atoms with Gasteiger partial charge in [0.1, 0.15) is 11.8 Å². The molecule has 1 amide bonds. The van der Waals surface area contributed by atoms with Crippen molar-refractivity contribution in [3.8, 4) is 0 Å². The van der Waals surface area contributed by atoms with E-state index in [-0.39, 0.29) is 12.5 Å². The van der Waals surface area contributed by atoms with Crippen molar-refractivity contribution in [3.63, 3.8) is 0 Å². The number of H-pyrrole nitrogens is 1. The number of hydrogen-bond acceptors (Lipinski definition) is 6. The minimum atomic E-state index is -0.0994. The molecule has 114 valence electrons. The Balaban J connectivity index is 1.62. The second-order valence-electron chi connectivity index (χ2n) is 4.95. The van der Waals surface area contributed by atoms with Gasteiger partial charge in [0.25, 0.3) is 0 Å². The van der Waals surface area contributed by atoms with Gasteiger partial charge in [0.15, 0.2) is 11.5 Å². The summed E-state index contributed by atoms with van der Waals surface area (Å²) in [6.07, 6.45) is 6.58. The first-order chi connectivity index (χ1) is 10.6. The van der Waals surface area contributed by atoms with Gasteiger partial charge < -0.3 is 15.2 Å². The van der Waals surface area contributed by atoms with Crippen LogP contribution in [0.4, 0.5) is 5.82 Å². The van der Waals surface area contributed by atoms with E-state index in [0.29, 0.717) is 23.5 Å². The number of nitrogens with zero attached hydrogens (tertiary/aromatic N) is 6. The van der Waals surface area contributed by atoms with Gasteiger partial charge in [-0.3, -0.25) is 9.48 Å². The fraction of sp³-hybridized carbons (Fsp3) is 0.308. The van der Waals surface area contributed by atoms with Gasteiger partial charge >= 0.3 is 0 Å². The van der Waals surface area contributed by atoms with Gasteiger partial charge in [0, 0.05) is 32.4 Å². The number of imidazole rings is 1. The molecule has 0 atom stereocenters. The number of hydrogen-bond donors (Lipinski definition) is 2. The van der Waals surface area contributed by atoms with Crippen LogP contribution in [0.15, 0.2) is 25.0 Å². The Morgan fingerprint density at radius 1 is 1.41 bits per heavy atom. The van der Waals surface area contributed by atoms with Gasteiger partial charge in [-0.25, -0.2) is 15.0 Å². The molecule has 0 unspecified atom stereocenters. The standard InChI is InChI=1S/C13H16N8O/c1-20(13-11-12(16-7-15-11)17-8-18-13)6-10(22)14-3-9-4-19-21(2)5-9/h4-5,7-8H,3,6H2,1-2H3,(H,14,22)(H,15,16,17,18). The van der Waals surface area contributed by atoms with Gasteiger partial charge in [-0.15, -0.1) is 0 Å². The van der Waals surface area contributed by atoms with Gasteiger partial charge in [-0.2, -0.15) is 5.10 Å².